The third-order valence-corrected chi connectivity index (χ3v) is 8.32. The Bertz CT molecular complexity index is 1290. The topological polar surface area (TPSA) is 100 Å². The molecule has 40 heavy (non-hydrogen) atoms. The number of halogens is 1. The van der Waals surface area contributed by atoms with E-state index in [0.29, 0.717) is 34.1 Å². The Balaban J connectivity index is 1.24. The summed E-state index contributed by atoms with van der Waals surface area (Å²) in [6.45, 7) is 10.5. The smallest absolute Gasteiger partial charge is 0.229 e. The number of nitrogens with one attached hydrogen (secondary N) is 2. The van der Waals surface area contributed by atoms with Gasteiger partial charge in [0.2, 0.25) is 5.95 Å². The maximum Gasteiger partial charge on any atom is 0.229 e. The zero-order valence-corrected chi connectivity index (χ0v) is 24.3. The van der Waals surface area contributed by atoms with Gasteiger partial charge in [0.25, 0.3) is 0 Å². The lowest BCUT2D eigenvalue weighted by molar-refractivity contribution is 0.0310. The number of hydrogen-bond acceptors (Lipinski definition) is 9. The molecule has 2 fully saturated rings. The van der Waals surface area contributed by atoms with Crippen LogP contribution in [0.4, 0.5) is 28.8 Å². The first-order chi connectivity index (χ1) is 19.3. The van der Waals surface area contributed by atoms with Gasteiger partial charge in [0, 0.05) is 67.9 Å². The second-order valence-electron chi connectivity index (χ2n) is 11.0. The van der Waals surface area contributed by atoms with E-state index in [1.807, 2.05) is 18.2 Å². The minimum absolute atomic E-state index is 0.346. The van der Waals surface area contributed by atoms with E-state index >= 15 is 0 Å². The molecule has 9 nitrogen and oxygen atoms in total. The third kappa shape index (κ3) is 6.67. The lowest BCUT2D eigenvalue weighted by Gasteiger charge is -2.43. The van der Waals surface area contributed by atoms with Crippen LogP contribution in [0.5, 0.6) is 0 Å². The van der Waals surface area contributed by atoms with E-state index in [1.165, 1.54) is 50.3 Å². The van der Waals surface area contributed by atoms with E-state index in [0.717, 1.165) is 18.8 Å². The summed E-state index contributed by atoms with van der Waals surface area (Å²) in [5, 5.41) is 27.1. The maximum absolute atomic E-state index is 10.4. The molecule has 2 aliphatic heterocycles. The molecule has 2 unspecified atom stereocenters. The van der Waals surface area contributed by atoms with E-state index in [-0.39, 0.29) is 0 Å². The summed E-state index contributed by atoms with van der Waals surface area (Å²) < 4.78 is 0. The first kappa shape index (κ1) is 28.6. The standard InChI is InChI=1S/C30H40ClN7O2/c1-20-18-22(8-9-27(20)38-12-10-23(11-13-38)37-16-14-36(3)15-17-37)33-30-32-19-25(31)29(35-30)34-26-7-5-4-6-24(26)28(40)21(2)39/h4-9,18-19,21,23,28,39-40H,10-17H2,1-3H3,(H2,32,33,34,35). The number of benzene rings is 2. The van der Waals surface area contributed by atoms with Gasteiger partial charge < -0.3 is 30.6 Å². The van der Waals surface area contributed by atoms with Crippen molar-refractivity contribution < 1.29 is 10.2 Å². The third-order valence-electron chi connectivity index (χ3n) is 8.05. The zero-order valence-electron chi connectivity index (χ0n) is 23.5. The molecule has 0 radical (unpaired) electrons. The van der Waals surface area contributed by atoms with Crippen molar-refractivity contribution in [2.45, 2.75) is 44.9 Å². The number of rotatable bonds is 8. The Kier molecular flexibility index (Phi) is 9.07. The summed E-state index contributed by atoms with van der Waals surface area (Å²) in [6, 6.07) is 14.3. The molecule has 0 spiro atoms. The van der Waals surface area contributed by atoms with Crippen LogP contribution in [-0.4, -0.2) is 88.4 Å². The minimum atomic E-state index is -1.04. The molecule has 0 bridgehead atoms. The van der Waals surface area contributed by atoms with Gasteiger partial charge in [-0.2, -0.15) is 4.98 Å². The number of aryl methyl sites for hydroxylation is 1. The lowest BCUT2D eigenvalue weighted by atomic mass is 10.0. The fourth-order valence-corrected chi connectivity index (χ4v) is 5.79. The Morgan fingerprint density at radius 2 is 1.70 bits per heavy atom. The molecule has 3 aromatic rings. The van der Waals surface area contributed by atoms with Crippen molar-refractivity contribution in [2.24, 2.45) is 0 Å². The van der Waals surface area contributed by atoms with E-state index in [2.05, 4.69) is 67.5 Å². The molecule has 214 valence electrons. The van der Waals surface area contributed by atoms with Crippen LogP contribution in [0.2, 0.25) is 5.02 Å². The molecule has 10 heteroatoms. The van der Waals surface area contributed by atoms with Crippen LogP contribution in [0.3, 0.4) is 0 Å². The van der Waals surface area contributed by atoms with Gasteiger partial charge in [-0.05, 0) is 63.6 Å². The Morgan fingerprint density at radius 1 is 0.975 bits per heavy atom. The molecule has 2 saturated heterocycles. The molecular formula is C30H40ClN7O2. The fraction of sp³-hybridized carbons (Fsp3) is 0.467. The number of para-hydroxylation sites is 1. The molecule has 0 saturated carbocycles. The van der Waals surface area contributed by atoms with Gasteiger partial charge in [0.05, 0.1) is 12.3 Å². The highest BCUT2D eigenvalue weighted by Crippen LogP contribution is 2.32. The van der Waals surface area contributed by atoms with Crippen molar-refractivity contribution in [3.05, 3.63) is 64.8 Å². The van der Waals surface area contributed by atoms with Crippen molar-refractivity contribution in [3.63, 3.8) is 0 Å². The van der Waals surface area contributed by atoms with Crippen LogP contribution in [0.1, 0.15) is 37.0 Å². The van der Waals surface area contributed by atoms with Gasteiger partial charge in [-0.25, -0.2) is 4.98 Å². The molecule has 2 atom stereocenters. The van der Waals surface area contributed by atoms with Crippen molar-refractivity contribution in [1.29, 1.82) is 0 Å². The van der Waals surface area contributed by atoms with Crippen LogP contribution >= 0.6 is 11.6 Å². The summed E-state index contributed by atoms with van der Waals surface area (Å²) in [5.41, 5.74) is 4.54. The number of hydrogen-bond donors (Lipinski definition) is 4. The Morgan fingerprint density at radius 3 is 2.40 bits per heavy atom. The molecule has 0 aliphatic carbocycles. The van der Waals surface area contributed by atoms with Crippen molar-refractivity contribution in [2.75, 3.05) is 61.8 Å². The summed E-state index contributed by atoms with van der Waals surface area (Å²) >= 11 is 6.40. The number of piperazine rings is 1. The highest BCUT2D eigenvalue weighted by atomic mass is 35.5. The first-order valence-corrected chi connectivity index (χ1v) is 14.5. The van der Waals surface area contributed by atoms with Gasteiger partial charge in [-0.3, -0.25) is 4.90 Å². The number of aromatic nitrogens is 2. The van der Waals surface area contributed by atoms with Gasteiger partial charge in [0.15, 0.2) is 5.82 Å². The Hall–Kier alpha value is -2.95. The summed E-state index contributed by atoms with van der Waals surface area (Å²) in [4.78, 5) is 16.5. The van der Waals surface area contributed by atoms with Gasteiger partial charge >= 0.3 is 0 Å². The van der Waals surface area contributed by atoms with Crippen LogP contribution in [0.15, 0.2) is 48.7 Å². The monoisotopic (exact) mass is 565 g/mol. The Labute approximate surface area is 241 Å². The van der Waals surface area contributed by atoms with E-state index in [9.17, 15) is 10.2 Å². The van der Waals surface area contributed by atoms with Crippen LogP contribution in [0, 0.1) is 6.92 Å². The second kappa shape index (κ2) is 12.7. The molecule has 5 rings (SSSR count). The summed E-state index contributed by atoms with van der Waals surface area (Å²) in [7, 11) is 2.21. The summed E-state index contributed by atoms with van der Waals surface area (Å²) in [5.74, 6) is 0.807. The highest BCUT2D eigenvalue weighted by molar-refractivity contribution is 6.32. The first-order valence-electron chi connectivity index (χ1n) is 14.1. The lowest BCUT2D eigenvalue weighted by Crippen LogP contribution is -2.52. The number of likely N-dealkylation sites (N-methyl/N-ethyl adjacent to an activating group) is 1. The quantitative estimate of drug-likeness (QED) is 0.313. The molecule has 2 aromatic carbocycles. The van der Waals surface area contributed by atoms with Crippen LogP contribution in [0.25, 0.3) is 0 Å². The minimum Gasteiger partial charge on any atom is -0.390 e. The second-order valence-corrected chi connectivity index (χ2v) is 11.4. The molecule has 2 aliphatic rings. The van der Waals surface area contributed by atoms with Gasteiger partial charge in [-0.15, -0.1) is 0 Å². The molecule has 4 N–H and O–H groups in total. The van der Waals surface area contributed by atoms with Crippen molar-refractivity contribution in [3.8, 4) is 0 Å². The zero-order chi connectivity index (χ0) is 28.2. The molecule has 0 amide bonds. The van der Waals surface area contributed by atoms with Gasteiger partial charge in [0.1, 0.15) is 11.1 Å². The number of nitrogens with zero attached hydrogens (tertiary/aromatic N) is 5. The average Bonchev–Trinajstić information content (AvgIpc) is 2.95. The number of aliphatic hydroxyl groups is 2. The number of anilines is 5. The SMILES string of the molecule is Cc1cc(Nc2ncc(Cl)c(Nc3ccccc3C(O)C(C)O)n2)ccc1N1CCC(N2CCN(C)CC2)CC1. The predicted molar refractivity (Wildman–Crippen MR) is 162 cm³/mol. The fourth-order valence-electron chi connectivity index (χ4n) is 5.65. The van der Waals surface area contributed by atoms with E-state index < -0.39 is 12.2 Å². The number of piperidine rings is 1. The normalized spacial score (nSPS) is 18.9. The highest BCUT2D eigenvalue weighted by Gasteiger charge is 2.27. The summed E-state index contributed by atoms with van der Waals surface area (Å²) in [6.07, 6.45) is 1.99. The van der Waals surface area contributed by atoms with Gasteiger partial charge in [-0.1, -0.05) is 29.8 Å². The van der Waals surface area contributed by atoms with Crippen LogP contribution < -0.4 is 15.5 Å². The van der Waals surface area contributed by atoms with Crippen molar-refractivity contribution >= 4 is 40.4 Å². The molecule has 3 heterocycles. The maximum atomic E-state index is 10.4. The largest absolute Gasteiger partial charge is 0.390 e. The van der Waals surface area contributed by atoms with E-state index in [1.54, 1.807) is 19.2 Å². The van der Waals surface area contributed by atoms with Crippen LogP contribution in [-0.2, 0) is 0 Å². The number of aliphatic hydroxyl groups excluding tert-OH is 2. The predicted octanol–water partition coefficient (Wildman–Crippen LogP) is 4.56. The van der Waals surface area contributed by atoms with E-state index in [4.69, 9.17) is 11.6 Å². The molecule has 1 aromatic heterocycles. The van der Waals surface area contributed by atoms with Crippen molar-refractivity contribution in [1.82, 2.24) is 19.8 Å². The molecular weight excluding hydrogens is 526 g/mol. The average molecular weight is 566 g/mol.